The van der Waals surface area contributed by atoms with E-state index in [-0.39, 0.29) is 18.0 Å². The lowest BCUT2D eigenvalue weighted by atomic mass is 10.0. The van der Waals surface area contributed by atoms with Gasteiger partial charge in [-0.2, -0.15) is 0 Å². The maximum absolute atomic E-state index is 11.9. The molecular weight excluding hydrogens is 228 g/mol. The van der Waals surface area contributed by atoms with Crippen LogP contribution in [-0.4, -0.2) is 12.1 Å². The summed E-state index contributed by atoms with van der Waals surface area (Å²) in [5.41, 5.74) is 0. The Morgan fingerprint density at radius 2 is 1.67 bits per heavy atom. The Morgan fingerprint density at radius 1 is 1.11 bits per heavy atom. The Balaban J connectivity index is 2.80. The highest BCUT2D eigenvalue weighted by atomic mass is 16.6. The zero-order valence-electron chi connectivity index (χ0n) is 11.6. The number of rotatable bonds is 6. The standard InChI is InChI=1S/C15H22O3/c1-5-12(6-2)15(16)18-14-10-8-7-9-13(14)17-11(3)4/h7-12H,5-6H2,1-4H3. The largest absolute Gasteiger partial charge is 0.487 e. The Morgan fingerprint density at radius 3 is 2.17 bits per heavy atom. The fourth-order valence-electron chi connectivity index (χ4n) is 1.70. The van der Waals surface area contributed by atoms with E-state index in [1.165, 1.54) is 0 Å². The van der Waals surface area contributed by atoms with Gasteiger partial charge in [0.2, 0.25) is 0 Å². The fourth-order valence-corrected chi connectivity index (χ4v) is 1.70. The van der Waals surface area contributed by atoms with E-state index in [0.29, 0.717) is 11.5 Å². The molecule has 0 unspecified atom stereocenters. The molecule has 0 fully saturated rings. The Kier molecular flexibility index (Phi) is 5.69. The van der Waals surface area contributed by atoms with Gasteiger partial charge in [0.1, 0.15) is 0 Å². The van der Waals surface area contributed by atoms with E-state index < -0.39 is 0 Å². The summed E-state index contributed by atoms with van der Waals surface area (Å²) in [6.07, 6.45) is 1.64. The number of carbonyl (C=O) groups excluding carboxylic acids is 1. The smallest absolute Gasteiger partial charge is 0.314 e. The number of benzene rings is 1. The number of ether oxygens (including phenoxy) is 2. The minimum Gasteiger partial charge on any atom is -0.487 e. The van der Waals surface area contributed by atoms with Crippen molar-refractivity contribution < 1.29 is 14.3 Å². The van der Waals surface area contributed by atoms with Gasteiger partial charge in [-0.05, 0) is 38.8 Å². The first-order chi connectivity index (χ1) is 8.58. The highest BCUT2D eigenvalue weighted by molar-refractivity contribution is 5.75. The van der Waals surface area contributed by atoms with Crippen LogP contribution in [0.3, 0.4) is 0 Å². The Hall–Kier alpha value is -1.51. The van der Waals surface area contributed by atoms with Gasteiger partial charge in [0.15, 0.2) is 11.5 Å². The molecule has 3 heteroatoms. The van der Waals surface area contributed by atoms with E-state index in [0.717, 1.165) is 12.8 Å². The van der Waals surface area contributed by atoms with Crippen LogP contribution >= 0.6 is 0 Å². The third kappa shape index (κ3) is 4.06. The van der Waals surface area contributed by atoms with E-state index in [1.807, 2.05) is 45.9 Å². The van der Waals surface area contributed by atoms with Gasteiger partial charge < -0.3 is 9.47 Å². The zero-order chi connectivity index (χ0) is 13.5. The highest BCUT2D eigenvalue weighted by Crippen LogP contribution is 2.28. The summed E-state index contributed by atoms with van der Waals surface area (Å²) in [7, 11) is 0. The monoisotopic (exact) mass is 250 g/mol. The molecule has 0 aliphatic carbocycles. The Bertz CT molecular complexity index is 381. The van der Waals surface area contributed by atoms with Gasteiger partial charge >= 0.3 is 5.97 Å². The summed E-state index contributed by atoms with van der Waals surface area (Å²) in [5.74, 6) is 0.895. The maximum Gasteiger partial charge on any atom is 0.314 e. The molecule has 0 N–H and O–H groups in total. The lowest BCUT2D eigenvalue weighted by Crippen LogP contribution is -2.20. The van der Waals surface area contributed by atoms with Gasteiger partial charge in [0, 0.05) is 0 Å². The van der Waals surface area contributed by atoms with Crippen molar-refractivity contribution in [3.05, 3.63) is 24.3 Å². The highest BCUT2D eigenvalue weighted by Gasteiger charge is 2.18. The van der Waals surface area contributed by atoms with Gasteiger partial charge in [0.05, 0.1) is 12.0 Å². The SMILES string of the molecule is CCC(CC)C(=O)Oc1ccccc1OC(C)C. The van der Waals surface area contributed by atoms with E-state index in [1.54, 1.807) is 6.07 Å². The second-order valence-electron chi connectivity index (χ2n) is 4.55. The van der Waals surface area contributed by atoms with Crippen LogP contribution in [-0.2, 0) is 4.79 Å². The van der Waals surface area contributed by atoms with E-state index in [2.05, 4.69) is 0 Å². The minimum absolute atomic E-state index is 0.0443. The van der Waals surface area contributed by atoms with Crippen LogP contribution in [0.15, 0.2) is 24.3 Å². The quantitative estimate of drug-likeness (QED) is 0.569. The Labute approximate surface area is 109 Å². The average Bonchev–Trinajstić information content (AvgIpc) is 2.32. The van der Waals surface area contributed by atoms with Crippen molar-refractivity contribution in [2.75, 3.05) is 0 Å². The first-order valence-electron chi connectivity index (χ1n) is 6.55. The maximum atomic E-state index is 11.9. The normalized spacial score (nSPS) is 10.8. The number of carbonyl (C=O) groups is 1. The molecule has 1 aromatic rings. The summed E-state index contributed by atoms with van der Waals surface area (Å²) >= 11 is 0. The second-order valence-corrected chi connectivity index (χ2v) is 4.55. The van der Waals surface area contributed by atoms with Gasteiger partial charge in [-0.25, -0.2) is 0 Å². The molecule has 0 radical (unpaired) electrons. The molecule has 0 aromatic heterocycles. The first kappa shape index (κ1) is 14.6. The van der Waals surface area contributed by atoms with Crippen molar-refractivity contribution in [2.45, 2.75) is 46.6 Å². The number of esters is 1. The van der Waals surface area contributed by atoms with Crippen LogP contribution in [0.5, 0.6) is 11.5 Å². The van der Waals surface area contributed by atoms with Crippen molar-refractivity contribution in [3.63, 3.8) is 0 Å². The number of hydrogen-bond donors (Lipinski definition) is 0. The molecule has 1 aromatic carbocycles. The minimum atomic E-state index is -0.181. The molecule has 0 saturated heterocycles. The summed E-state index contributed by atoms with van der Waals surface area (Å²) in [6, 6.07) is 7.28. The third-order valence-electron chi connectivity index (χ3n) is 2.74. The molecule has 0 heterocycles. The van der Waals surface area contributed by atoms with Crippen molar-refractivity contribution in [1.82, 2.24) is 0 Å². The van der Waals surface area contributed by atoms with Gasteiger partial charge in [0.25, 0.3) is 0 Å². The van der Waals surface area contributed by atoms with Crippen LogP contribution in [0.1, 0.15) is 40.5 Å². The van der Waals surface area contributed by atoms with Crippen molar-refractivity contribution in [3.8, 4) is 11.5 Å². The average molecular weight is 250 g/mol. The third-order valence-corrected chi connectivity index (χ3v) is 2.74. The zero-order valence-corrected chi connectivity index (χ0v) is 11.6. The topological polar surface area (TPSA) is 35.5 Å². The summed E-state index contributed by atoms with van der Waals surface area (Å²) in [5, 5.41) is 0. The second kappa shape index (κ2) is 7.04. The first-order valence-corrected chi connectivity index (χ1v) is 6.55. The van der Waals surface area contributed by atoms with Crippen LogP contribution in [0.4, 0.5) is 0 Å². The molecule has 0 amide bonds. The predicted octanol–water partition coefficient (Wildman–Crippen LogP) is 3.82. The molecule has 100 valence electrons. The lowest BCUT2D eigenvalue weighted by Gasteiger charge is -2.16. The summed E-state index contributed by atoms with van der Waals surface area (Å²) in [4.78, 5) is 11.9. The molecule has 18 heavy (non-hydrogen) atoms. The molecule has 0 saturated carbocycles. The molecular formula is C15H22O3. The molecule has 0 aliphatic heterocycles. The summed E-state index contributed by atoms with van der Waals surface area (Å²) < 4.78 is 11.0. The van der Waals surface area contributed by atoms with E-state index >= 15 is 0 Å². The van der Waals surface area contributed by atoms with Crippen LogP contribution in [0.25, 0.3) is 0 Å². The van der Waals surface area contributed by atoms with Gasteiger partial charge in [-0.3, -0.25) is 4.79 Å². The molecule has 0 aliphatic rings. The van der Waals surface area contributed by atoms with Crippen LogP contribution in [0, 0.1) is 5.92 Å². The molecule has 0 atom stereocenters. The van der Waals surface area contributed by atoms with Crippen LogP contribution < -0.4 is 9.47 Å². The lowest BCUT2D eigenvalue weighted by molar-refractivity contribution is -0.139. The predicted molar refractivity (Wildman–Crippen MR) is 71.9 cm³/mol. The van der Waals surface area contributed by atoms with Gasteiger partial charge in [-0.15, -0.1) is 0 Å². The molecule has 1 rings (SSSR count). The van der Waals surface area contributed by atoms with E-state index in [4.69, 9.17) is 9.47 Å². The van der Waals surface area contributed by atoms with Crippen LogP contribution in [0.2, 0.25) is 0 Å². The van der Waals surface area contributed by atoms with Crippen molar-refractivity contribution >= 4 is 5.97 Å². The number of hydrogen-bond acceptors (Lipinski definition) is 3. The summed E-state index contributed by atoms with van der Waals surface area (Å²) in [6.45, 7) is 7.87. The molecule has 3 nitrogen and oxygen atoms in total. The van der Waals surface area contributed by atoms with Gasteiger partial charge in [-0.1, -0.05) is 26.0 Å². The van der Waals surface area contributed by atoms with Crippen molar-refractivity contribution in [1.29, 1.82) is 0 Å². The van der Waals surface area contributed by atoms with E-state index in [9.17, 15) is 4.79 Å². The fraction of sp³-hybridized carbons (Fsp3) is 0.533. The van der Waals surface area contributed by atoms with Crippen molar-refractivity contribution in [2.24, 2.45) is 5.92 Å². The molecule has 0 bridgehead atoms. The number of para-hydroxylation sites is 2. The molecule has 0 spiro atoms.